The Morgan fingerprint density at radius 1 is 0.706 bits per heavy atom. The van der Waals surface area contributed by atoms with Gasteiger partial charge in [-0.3, -0.25) is 0 Å². The summed E-state index contributed by atoms with van der Waals surface area (Å²) >= 11 is 0. The molecule has 0 unspecified atom stereocenters. The normalized spacial score (nSPS) is 2.94. The van der Waals surface area contributed by atoms with Gasteiger partial charge in [0.25, 0.3) is 0 Å². The van der Waals surface area contributed by atoms with Crippen molar-refractivity contribution in [1.29, 1.82) is 0 Å². The van der Waals surface area contributed by atoms with Crippen LogP contribution in [0.15, 0.2) is 0 Å². The topological polar surface area (TPSA) is 132 Å². The molecule has 17 heavy (non-hydrogen) atoms. The van der Waals surface area contributed by atoms with Crippen molar-refractivity contribution in [2.45, 2.75) is 0 Å². The quantitative estimate of drug-likeness (QED) is 0.375. The van der Waals surface area contributed by atoms with E-state index < -0.39 is 0 Å². The van der Waals surface area contributed by atoms with Crippen molar-refractivity contribution in [3.05, 3.63) is 26.6 Å². The summed E-state index contributed by atoms with van der Waals surface area (Å²) in [6, 6.07) is 0. The molecule has 0 aliphatic rings. The fourth-order valence-electron chi connectivity index (χ4n) is 0. The first-order chi connectivity index (χ1) is 7.83. The molecular weight excluding hydrogens is 280 g/mol. The summed E-state index contributed by atoms with van der Waals surface area (Å²) in [6.07, 6.45) is 0. The molecule has 0 aromatic rings. The third kappa shape index (κ3) is 12600. The molecule has 0 bridgehead atoms. The largest absolute Gasteiger partial charge is 2.00 e. The summed E-state index contributed by atoms with van der Waals surface area (Å²) in [6.45, 7) is 20.4. The van der Waals surface area contributed by atoms with Gasteiger partial charge in [0.15, 0.2) is 0 Å². The van der Waals surface area contributed by atoms with E-state index in [1.165, 1.54) is 27.2 Å². The van der Waals surface area contributed by atoms with Gasteiger partial charge < -0.3 is 19.1 Å². The molecule has 0 aliphatic heterocycles. The monoisotopic (exact) mass is 286 g/mol. The van der Waals surface area contributed by atoms with Gasteiger partial charge in [0, 0.05) is 14.2 Å². The molecular formula is C8H6FeO8. The average molecular weight is 286 g/mol. The molecule has 94 valence electrons. The molecule has 0 spiro atoms. The average Bonchev–Trinajstić information content (AvgIpc) is 2.47. The molecule has 8 nitrogen and oxygen atoms in total. The van der Waals surface area contributed by atoms with Gasteiger partial charge in [-0.1, -0.05) is 12.9 Å². The number of ether oxygens (including phenoxy) is 2. The third-order valence-corrected chi connectivity index (χ3v) is 0.167. The maximum atomic E-state index is 8.83. The minimum Gasteiger partial charge on any atom is 2.00 e. The van der Waals surface area contributed by atoms with Crippen LogP contribution in [0.4, 0.5) is 0 Å². The predicted octanol–water partition coefficient (Wildman–Crippen LogP) is -0.753. The second-order valence-corrected chi connectivity index (χ2v) is 0.575. The molecule has 0 amide bonds. The number of rotatable bonds is 2. The molecule has 0 aromatic heterocycles. The molecule has 0 heterocycles. The second-order valence-electron chi connectivity index (χ2n) is 0.575. The predicted molar refractivity (Wildman–Crippen MR) is 41.1 cm³/mol. The van der Waals surface area contributed by atoms with Crippen LogP contribution in [0, 0.1) is 26.6 Å². The maximum absolute atomic E-state index is 8.83. The van der Waals surface area contributed by atoms with E-state index >= 15 is 0 Å². The van der Waals surface area contributed by atoms with Crippen LogP contribution < -0.4 is 0 Å². The molecule has 0 saturated carbocycles. The molecule has 0 aromatic carbocycles. The SMILES string of the molecule is CO[C-]=O.CO[C-]=O.[C-]#[O+].[C-]#[O+].[C-]#[O+].[C-]#[O+].[Fe+2]. The summed E-state index contributed by atoms with van der Waals surface area (Å²) in [5.41, 5.74) is 0. The molecule has 0 aliphatic carbocycles. The van der Waals surface area contributed by atoms with Gasteiger partial charge in [-0.2, -0.15) is 0 Å². The first-order valence-corrected chi connectivity index (χ1v) is 2.45. The van der Waals surface area contributed by atoms with Crippen LogP contribution in [0.25, 0.3) is 0 Å². The van der Waals surface area contributed by atoms with E-state index in [4.69, 9.17) is 28.2 Å². The van der Waals surface area contributed by atoms with E-state index in [0.29, 0.717) is 0 Å². The van der Waals surface area contributed by atoms with Crippen LogP contribution in [-0.4, -0.2) is 27.2 Å². The summed E-state index contributed by atoms with van der Waals surface area (Å²) in [7, 11) is 2.51. The Bertz CT molecular complexity index is 139. The third-order valence-electron chi connectivity index (χ3n) is 0.167. The van der Waals surface area contributed by atoms with Crippen LogP contribution >= 0.6 is 0 Å². The zero-order chi connectivity index (χ0) is 14.8. The van der Waals surface area contributed by atoms with Crippen molar-refractivity contribution in [3.8, 4) is 0 Å². The van der Waals surface area contributed by atoms with E-state index in [1.807, 2.05) is 0 Å². The van der Waals surface area contributed by atoms with Crippen molar-refractivity contribution in [2.24, 2.45) is 0 Å². The number of methoxy groups -OCH3 is 2. The van der Waals surface area contributed by atoms with Crippen molar-refractivity contribution in [1.82, 2.24) is 0 Å². The smallest absolute Gasteiger partial charge is 2.00 e. The van der Waals surface area contributed by atoms with E-state index in [9.17, 15) is 0 Å². The molecule has 9 heteroatoms. The summed E-state index contributed by atoms with van der Waals surface area (Å²) in [4.78, 5) is 17.7. The molecule has 0 atom stereocenters. The van der Waals surface area contributed by atoms with E-state index in [1.54, 1.807) is 0 Å². The molecule has 0 fully saturated rings. The van der Waals surface area contributed by atoms with Crippen LogP contribution in [0.3, 0.4) is 0 Å². The molecule has 0 N–H and O–H groups in total. The molecule has 0 rings (SSSR count). The van der Waals surface area contributed by atoms with Crippen LogP contribution in [0.2, 0.25) is 0 Å². The fraction of sp³-hybridized carbons (Fsp3) is 0.250. The van der Waals surface area contributed by atoms with Gasteiger partial charge in [0.1, 0.15) is 0 Å². The summed E-state index contributed by atoms with van der Waals surface area (Å²) in [5, 5.41) is 0. The van der Waals surface area contributed by atoms with Crippen molar-refractivity contribution >= 4 is 12.9 Å². The Morgan fingerprint density at radius 3 is 0.765 bits per heavy atom. The number of hydrogen-bond acceptors (Lipinski definition) is 4. The van der Waals surface area contributed by atoms with Gasteiger partial charge >= 0.3 is 62.3 Å². The van der Waals surface area contributed by atoms with E-state index in [0.717, 1.165) is 0 Å². The summed E-state index contributed by atoms with van der Waals surface area (Å²) in [5.74, 6) is 0. The van der Waals surface area contributed by atoms with Crippen LogP contribution in [-0.2, 0) is 54.7 Å². The Hall–Kier alpha value is -1.58. The number of hydrogen-bond donors (Lipinski definition) is 0. The van der Waals surface area contributed by atoms with E-state index in [2.05, 4.69) is 36.1 Å². The van der Waals surface area contributed by atoms with Gasteiger partial charge in [-0.15, -0.1) is 0 Å². The number of carbonyl (C=O) groups excluding carboxylic acids is 2. The van der Waals surface area contributed by atoms with Crippen LogP contribution in [0.1, 0.15) is 0 Å². The van der Waals surface area contributed by atoms with E-state index in [-0.39, 0.29) is 17.1 Å². The van der Waals surface area contributed by atoms with Crippen molar-refractivity contribution in [2.75, 3.05) is 14.2 Å². The van der Waals surface area contributed by atoms with Gasteiger partial charge in [-0.05, 0) is 0 Å². The van der Waals surface area contributed by atoms with Crippen molar-refractivity contribution in [3.63, 3.8) is 0 Å². The molecule has 0 saturated heterocycles. The fourth-order valence-corrected chi connectivity index (χ4v) is 0. The zero-order valence-electron chi connectivity index (χ0n) is 8.62. The minimum atomic E-state index is 0. The van der Waals surface area contributed by atoms with Gasteiger partial charge in [0.2, 0.25) is 0 Å². The van der Waals surface area contributed by atoms with Crippen LogP contribution in [0.5, 0.6) is 0 Å². The standard InChI is InChI=1S/2C2H3O2.4CO.Fe/c2*1-4-2-3;4*1-2;/h2*1H3;;;;;/q2*-1;;;;;+2. The Labute approximate surface area is 109 Å². The van der Waals surface area contributed by atoms with Gasteiger partial charge in [0.05, 0.1) is 0 Å². The van der Waals surface area contributed by atoms with Gasteiger partial charge in [-0.25, -0.2) is 0 Å². The maximum Gasteiger partial charge on any atom is 2.00 e. The Kier molecular flexibility index (Phi) is 1180. The Balaban J connectivity index is -0.0000000146. The van der Waals surface area contributed by atoms with Crippen molar-refractivity contribution < 1.29 is 54.7 Å². The zero-order valence-corrected chi connectivity index (χ0v) is 9.72. The summed E-state index contributed by atoms with van der Waals surface area (Å²) < 4.78 is 37.5. The molecule has 0 radical (unpaired) electrons. The second kappa shape index (κ2) is 444. The first-order valence-electron chi connectivity index (χ1n) is 2.45. The minimum absolute atomic E-state index is 0. The first kappa shape index (κ1) is 45.2. The Morgan fingerprint density at radius 2 is 0.765 bits per heavy atom.